The fourth-order valence-corrected chi connectivity index (χ4v) is 3.08. The molecule has 4 heteroatoms. The Balaban J connectivity index is 1.90. The smallest absolute Gasteiger partial charge is 0.263 e. The van der Waals surface area contributed by atoms with Crippen LogP contribution in [0.15, 0.2) is 17.5 Å². The number of rotatable bonds is 4. The summed E-state index contributed by atoms with van der Waals surface area (Å²) in [4.78, 5) is 15.1. The molecule has 0 saturated carbocycles. The van der Waals surface area contributed by atoms with Crippen LogP contribution < -0.4 is 5.32 Å². The standard InChI is InChI=1S/C13H20N2OS/c1-14-7-6-11-4-2-8-15(10-11)13(16)12-5-3-9-17-12/h3,5,9,11,14H,2,4,6-8,10H2,1H3. The van der Waals surface area contributed by atoms with Crippen molar-refractivity contribution in [3.63, 3.8) is 0 Å². The molecule has 1 aliphatic rings. The minimum absolute atomic E-state index is 0.217. The van der Waals surface area contributed by atoms with Crippen molar-refractivity contribution in [2.45, 2.75) is 19.3 Å². The lowest BCUT2D eigenvalue weighted by Crippen LogP contribution is -2.40. The van der Waals surface area contributed by atoms with E-state index in [4.69, 9.17) is 0 Å². The maximum absolute atomic E-state index is 12.2. The fraction of sp³-hybridized carbons (Fsp3) is 0.615. The topological polar surface area (TPSA) is 32.3 Å². The fourth-order valence-electron chi connectivity index (χ4n) is 2.39. The number of amides is 1. The highest BCUT2D eigenvalue weighted by Crippen LogP contribution is 2.22. The van der Waals surface area contributed by atoms with Gasteiger partial charge in [-0.1, -0.05) is 6.07 Å². The summed E-state index contributed by atoms with van der Waals surface area (Å²) < 4.78 is 0. The van der Waals surface area contributed by atoms with Gasteiger partial charge in [0.05, 0.1) is 4.88 Å². The highest BCUT2D eigenvalue weighted by molar-refractivity contribution is 7.12. The van der Waals surface area contributed by atoms with Crippen LogP contribution >= 0.6 is 11.3 Å². The van der Waals surface area contributed by atoms with Crippen molar-refractivity contribution in [2.75, 3.05) is 26.7 Å². The van der Waals surface area contributed by atoms with E-state index in [1.165, 1.54) is 12.8 Å². The van der Waals surface area contributed by atoms with E-state index in [1.54, 1.807) is 11.3 Å². The zero-order chi connectivity index (χ0) is 12.1. The molecule has 0 aliphatic carbocycles. The second-order valence-electron chi connectivity index (χ2n) is 4.63. The Bertz CT molecular complexity index is 350. The van der Waals surface area contributed by atoms with Gasteiger partial charge in [-0.3, -0.25) is 4.79 Å². The van der Waals surface area contributed by atoms with Crippen LogP contribution in [0, 0.1) is 5.92 Å². The lowest BCUT2D eigenvalue weighted by Gasteiger charge is -2.32. The monoisotopic (exact) mass is 252 g/mol. The van der Waals surface area contributed by atoms with Gasteiger partial charge in [-0.25, -0.2) is 0 Å². The summed E-state index contributed by atoms with van der Waals surface area (Å²) in [5, 5.41) is 5.15. The third-order valence-corrected chi connectivity index (χ3v) is 4.20. The Morgan fingerprint density at radius 1 is 1.65 bits per heavy atom. The average molecular weight is 252 g/mol. The van der Waals surface area contributed by atoms with Gasteiger partial charge in [0, 0.05) is 13.1 Å². The van der Waals surface area contributed by atoms with Crippen molar-refractivity contribution in [1.29, 1.82) is 0 Å². The number of piperidine rings is 1. The summed E-state index contributed by atoms with van der Waals surface area (Å²) in [6.07, 6.45) is 3.58. The zero-order valence-electron chi connectivity index (χ0n) is 10.3. The molecule has 2 rings (SSSR count). The van der Waals surface area contributed by atoms with E-state index >= 15 is 0 Å². The Morgan fingerprint density at radius 3 is 3.24 bits per heavy atom. The average Bonchev–Trinajstić information content (AvgIpc) is 2.89. The molecular weight excluding hydrogens is 232 g/mol. The number of hydrogen-bond donors (Lipinski definition) is 1. The Labute approximate surface area is 107 Å². The molecule has 1 atom stereocenters. The predicted molar refractivity (Wildman–Crippen MR) is 71.5 cm³/mol. The second kappa shape index (κ2) is 6.17. The zero-order valence-corrected chi connectivity index (χ0v) is 11.1. The van der Waals surface area contributed by atoms with Gasteiger partial charge in [-0.05, 0) is 50.2 Å². The highest BCUT2D eigenvalue weighted by Gasteiger charge is 2.24. The van der Waals surface area contributed by atoms with Crippen LogP contribution in [0.1, 0.15) is 28.9 Å². The number of nitrogens with zero attached hydrogens (tertiary/aromatic N) is 1. The molecule has 1 unspecified atom stereocenters. The van der Waals surface area contributed by atoms with Gasteiger partial charge in [-0.2, -0.15) is 0 Å². The third kappa shape index (κ3) is 3.30. The van der Waals surface area contributed by atoms with E-state index in [-0.39, 0.29) is 5.91 Å². The number of hydrogen-bond acceptors (Lipinski definition) is 3. The minimum atomic E-state index is 0.217. The maximum atomic E-state index is 12.2. The number of likely N-dealkylation sites (tertiary alicyclic amines) is 1. The highest BCUT2D eigenvalue weighted by atomic mass is 32.1. The summed E-state index contributed by atoms with van der Waals surface area (Å²) in [5.41, 5.74) is 0. The molecule has 1 fully saturated rings. The van der Waals surface area contributed by atoms with Crippen LogP contribution in [0.25, 0.3) is 0 Å². The molecule has 1 aromatic heterocycles. The van der Waals surface area contributed by atoms with Gasteiger partial charge in [0.25, 0.3) is 5.91 Å². The first-order chi connectivity index (χ1) is 8.31. The first kappa shape index (κ1) is 12.6. The van der Waals surface area contributed by atoms with E-state index in [2.05, 4.69) is 5.32 Å². The van der Waals surface area contributed by atoms with E-state index in [0.29, 0.717) is 5.92 Å². The Morgan fingerprint density at radius 2 is 2.53 bits per heavy atom. The quantitative estimate of drug-likeness (QED) is 0.891. The Kier molecular flexibility index (Phi) is 4.57. The minimum Gasteiger partial charge on any atom is -0.338 e. The van der Waals surface area contributed by atoms with Crippen molar-refractivity contribution < 1.29 is 4.79 Å². The SMILES string of the molecule is CNCCC1CCCN(C(=O)c2cccs2)C1. The molecule has 1 amide bonds. The van der Waals surface area contributed by atoms with Crippen molar-refractivity contribution in [1.82, 2.24) is 10.2 Å². The number of carbonyl (C=O) groups excluding carboxylic acids is 1. The van der Waals surface area contributed by atoms with Crippen LogP contribution in [-0.4, -0.2) is 37.5 Å². The van der Waals surface area contributed by atoms with Crippen LogP contribution in [0.2, 0.25) is 0 Å². The van der Waals surface area contributed by atoms with Crippen molar-refractivity contribution in [2.24, 2.45) is 5.92 Å². The summed E-state index contributed by atoms with van der Waals surface area (Å²) >= 11 is 1.54. The Hall–Kier alpha value is -0.870. The second-order valence-corrected chi connectivity index (χ2v) is 5.58. The summed E-state index contributed by atoms with van der Waals surface area (Å²) in [5.74, 6) is 0.884. The van der Waals surface area contributed by atoms with E-state index < -0.39 is 0 Å². The molecule has 1 aromatic rings. The lowest BCUT2D eigenvalue weighted by atomic mass is 9.94. The van der Waals surface area contributed by atoms with Crippen molar-refractivity contribution in [3.8, 4) is 0 Å². The first-order valence-electron chi connectivity index (χ1n) is 6.28. The molecule has 0 aromatic carbocycles. The van der Waals surface area contributed by atoms with Gasteiger partial charge in [-0.15, -0.1) is 11.3 Å². The van der Waals surface area contributed by atoms with Gasteiger partial charge in [0.15, 0.2) is 0 Å². The van der Waals surface area contributed by atoms with E-state index in [1.807, 2.05) is 29.5 Å². The molecule has 94 valence electrons. The molecule has 0 bridgehead atoms. The normalized spacial score (nSPS) is 20.5. The van der Waals surface area contributed by atoms with Crippen LogP contribution in [-0.2, 0) is 0 Å². The molecule has 17 heavy (non-hydrogen) atoms. The molecule has 2 heterocycles. The number of thiophene rings is 1. The molecule has 1 N–H and O–H groups in total. The van der Waals surface area contributed by atoms with Gasteiger partial charge >= 0.3 is 0 Å². The summed E-state index contributed by atoms with van der Waals surface area (Å²) in [6.45, 7) is 2.90. The lowest BCUT2D eigenvalue weighted by molar-refractivity contribution is 0.0673. The first-order valence-corrected chi connectivity index (χ1v) is 7.16. The third-order valence-electron chi connectivity index (χ3n) is 3.34. The van der Waals surface area contributed by atoms with Gasteiger partial charge < -0.3 is 10.2 Å². The molecule has 0 spiro atoms. The van der Waals surface area contributed by atoms with Crippen molar-refractivity contribution in [3.05, 3.63) is 22.4 Å². The van der Waals surface area contributed by atoms with Crippen molar-refractivity contribution >= 4 is 17.2 Å². The molecule has 0 radical (unpaired) electrons. The van der Waals surface area contributed by atoms with Gasteiger partial charge in [0.2, 0.25) is 0 Å². The van der Waals surface area contributed by atoms with Crippen LogP contribution in [0.4, 0.5) is 0 Å². The van der Waals surface area contributed by atoms with Crippen LogP contribution in [0.3, 0.4) is 0 Å². The largest absolute Gasteiger partial charge is 0.338 e. The maximum Gasteiger partial charge on any atom is 0.263 e. The van der Waals surface area contributed by atoms with E-state index in [9.17, 15) is 4.79 Å². The van der Waals surface area contributed by atoms with Gasteiger partial charge in [0.1, 0.15) is 0 Å². The summed E-state index contributed by atoms with van der Waals surface area (Å²) in [6, 6.07) is 3.87. The van der Waals surface area contributed by atoms with E-state index in [0.717, 1.165) is 30.9 Å². The molecule has 1 saturated heterocycles. The number of nitrogens with one attached hydrogen (secondary N) is 1. The number of carbonyl (C=O) groups is 1. The summed E-state index contributed by atoms with van der Waals surface area (Å²) in [7, 11) is 1.98. The molecule has 3 nitrogen and oxygen atoms in total. The van der Waals surface area contributed by atoms with Crippen LogP contribution in [0.5, 0.6) is 0 Å². The molecule has 1 aliphatic heterocycles. The molecular formula is C13H20N2OS. The predicted octanol–water partition coefficient (Wildman–Crippen LogP) is 2.21.